The van der Waals surface area contributed by atoms with E-state index < -0.39 is 5.41 Å². The van der Waals surface area contributed by atoms with Gasteiger partial charge in [0.25, 0.3) is 0 Å². The molecule has 0 bridgehead atoms. The Bertz CT molecular complexity index is 630. The van der Waals surface area contributed by atoms with Gasteiger partial charge in [-0.3, -0.25) is 19.8 Å². The SMILES string of the molecule is CCN1CCN(c2ccc([C@@]3(C)CCC(=O)NC3=O)cn2)[C@H](C)C1. The van der Waals surface area contributed by atoms with Crippen LogP contribution in [0.25, 0.3) is 0 Å². The van der Waals surface area contributed by atoms with Crippen LogP contribution in [0.2, 0.25) is 0 Å². The van der Waals surface area contributed by atoms with E-state index >= 15 is 0 Å². The maximum Gasteiger partial charge on any atom is 0.236 e. The van der Waals surface area contributed by atoms with Crippen LogP contribution >= 0.6 is 0 Å². The molecular weight excluding hydrogens is 304 g/mol. The molecular formula is C18H26N4O2. The monoisotopic (exact) mass is 330 g/mol. The zero-order valence-corrected chi connectivity index (χ0v) is 14.7. The van der Waals surface area contributed by atoms with Crippen LogP contribution in [0.15, 0.2) is 18.3 Å². The molecule has 2 amide bonds. The number of aromatic nitrogens is 1. The number of piperidine rings is 1. The molecule has 1 aromatic heterocycles. The molecule has 1 aromatic rings. The summed E-state index contributed by atoms with van der Waals surface area (Å²) in [5, 5.41) is 2.44. The molecule has 0 spiro atoms. The van der Waals surface area contributed by atoms with Crippen LogP contribution in [0.4, 0.5) is 5.82 Å². The van der Waals surface area contributed by atoms with Crippen LogP contribution in [0.5, 0.6) is 0 Å². The van der Waals surface area contributed by atoms with E-state index in [0.29, 0.717) is 18.9 Å². The first-order valence-electron chi connectivity index (χ1n) is 8.74. The van der Waals surface area contributed by atoms with Gasteiger partial charge in [0.1, 0.15) is 5.82 Å². The molecule has 2 aliphatic heterocycles. The fourth-order valence-electron chi connectivity index (χ4n) is 3.62. The normalized spacial score (nSPS) is 28.8. The minimum Gasteiger partial charge on any atom is -0.351 e. The Morgan fingerprint density at radius 2 is 2.12 bits per heavy atom. The number of nitrogens with zero attached hydrogens (tertiary/aromatic N) is 3. The van der Waals surface area contributed by atoms with Gasteiger partial charge in [-0.2, -0.15) is 0 Å². The number of piperazine rings is 1. The van der Waals surface area contributed by atoms with Crippen molar-refractivity contribution in [1.29, 1.82) is 0 Å². The van der Waals surface area contributed by atoms with Crippen LogP contribution < -0.4 is 10.2 Å². The van der Waals surface area contributed by atoms with Crippen molar-refractivity contribution >= 4 is 17.6 Å². The van der Waals surface area contributed by atoms with E-state index in [1.165, 1.54) is 0 Å². The van der Waals surface area contributed by atoms with Gasteiger partial charge in [0.15, 0.2) is 0 Å². The lowest BCUT2D eigenvalue weighted by atomic mass is 9.76. The molecule has 0 unspecified atom stereocenters. The van der Waals surface area contributed by atoms with E-state index in [4.69, 9.17) is 0 Å². The largest absolute Gasteiger partial charge is 0.351 e. The van der Waals surface area contributed by atoms with Crippen molar-refractivity contribution in [2.24, 2.45) is 0 Å². The summed E-state index contributed by atoms with van der Waals surface area (Å²) in [4.78, 5) is 33.0. The van der Waals surface area contributed by atoms with Crippen LogP contribution in [0.3, 0.4) is 0 Å². The van der Waals surface area contributed by atoms with Gasteiger partial charge in [-0.15, -0.1) is 0 Å². The van der Waals surface area contributed by atoms with Crippen molar-refractivity contribution in [3.05, 3.63) is 23.9 Å². The van der Waals surface area contributed by atoms with Gasteiger partial charge in [-0.1, -0.05) is 13.0 Å². The van der Waals surface area contributed by atoms with Gasteiger partial charge >= 0.3 is 0 Å². The number of hydrogen-bond acceptors (Lipinski definition) is 5. The summed E-state index contributed by atoms with van der Waals surface area (Å²) in [5.41, 5.74) is 0.197. The Morgan fingerprint density at radius 1 is 1.33 bits per heavy atom. The number of amides is 2. The fourth-order valence-corrected chi connectivity index (χ4v) is 3.62. The number of anilines is 1. The molecule has 0 radical (unpaired) electrons. The molecule has 0 aromatic carbocycles. The topological polar surface area (TPSA) is 65.5 Å². The van der Waals surface area contributed by atoms with Crippen molar-refractivity contribution in [1.82, 2.24) is 15.2 Å². The van der Waals surface area contributed by atoms with Gasteiger partial charge < -0.3 is 4.90 Å². The molecule has 2 fully saturated rings. The highest BCUT2D eigenvalue weighted by molar-refractivity contribution is 6.03. The van der Waals surface area contributed by atoms with Gasteiger partial charge in [-0.25, -0.2) is 4.98 Å². The Hall–Kier alpha value is -1.95. The number of likely N-dealkylation sites (N-methyl/N-ethyl adjacent to an activating group) is 1. The second-order valence-corrected chi connectivity index (χ2v) is 7.05. The van der Waals surface area contributed by atoms with Crippen molar-refractivity contribution in [2.75, 3.05) is 31.1 Å². The highest BCUT2D eigenvalue weighted by Gasteiger charge is 2.40. The summed E-state index contributed by atoms with van der Waals surface area (Å²) in [5.74, 6) is 0.542. The van der Waals surface area contributed by atoms with Crippen molar-refractivity contribution in [3.8, 4) is 0 Å². The number of rotatable bonds is 3. The molecule has 0 saturated carbocycles. The van der Waals surface area contributed by atoms with Crippen LogP contribution in [-0.2, 0) is 15.0 Å². The fraction of sp³-hybridized carbons (Fsp3) is 0.611. The summed E-state index contributed by atoms with van der Waals surface area (Å²) in [6, 6.07) is 4.40. The third-order valence-electron chi connectivity index (χ3n) is 5.44. The second-order valence-electron chi connectivity index (χ2n) is 7.05. The van der Waals surface area contributed by atoms with Crippen molar-refractivity contribution in [3.63, 3.8) is 0 Å². The number of pyridine rings is 1. The first-order valence-corrected chi connectivity index (χ1v) is 8.74. The van der Waals surface area contributed by atoms with E-state index in [-0.39, 0.29) is 11.8 Å². The number of carbonyl (C=O) groups is 2. The third-order valence-corrected chi connectivity index (χ3v) is 5.44. The molecule has 3 rings (SSSR count). The molecule has 2 aliphatic rings. The standard InChI is InChI=1S/C18H26N4O2/c1-4-21-9-10-22(13(2)12-21)15-6-5-14(11-19-15)18(3)8-7-16(23)20-17(18)24/h5-6,11,13H,4,7-10,12H2,1-3H3,(H,20,23,24)/t13-,18-/m1/s1. The average molecular weight is 330 g/mol. The first-order chi connectivity index (χ1) is 11.4. The van der Waals surface area contributed by atoms with Gasteiger partial charge in [-0.05, 0) is 38.4 Å². The quantitative estimate of drug-likeness (QED) is 0.847. The Labute approximate surface area is 143 Å². The Kier molecular flexibility index (Phi) is 4.58. The van der Waals surface area contributed by atoms with E-state index in [2.05, 4.69) is 33.9 Å². The van der Waals surface area contributed by atoms with Crippen LogP contribution in [0.1, 0.15) is 39.2 Å². The minimum atomic E-state index is -0.675. The number of nitrogens with one attached hydrogen (secondary N) is 1. The first kappa shape index (κ1) is 16.9. The predicted molar refractivity (Wildman–Crippen MR) is 92.9 cm³/mol. The average Bonchev–Trinajstić information content (AvgIpc) is 2.58. The lowest BCUT2D eigenvalue weighted by Gasteiger charge is -2.40. The molecule has 1 N–H and O–H groups in total. The van der Waals surface area contributed by atoms with Gasteiger partial charge in [0, 0.05) is 38.3 Å². The molecule has 2 atom stereocenters. The maximum atomic E-state index is 12.3. The molecule has 130 valence electrons. The third kappa shape index (κ3) is 3.02. The highest BCUT2D eigenvalue weighted by Crippen LogP contribution is 2.32. The summed E-state index contributed by atoms with van der Waals surface area (Å²) in [7, 11) is 0. The molecule has 6 heteroatoms. The number of hydrogen-bond donors (Lipinski definition) is 1. The Morgan fingerprint density at radius 3 is 2.71 bits per heavy atom. The number of carbonyl (C=O) groups excluding carboxylic acids is 2. The molecule has 6 nitrogen and oxygen atoms in total. The van der Waals surface area contributed by atoms with E-state index in [1.807, 2.05) is 19.1 Å². The van der Waals surface area contributed by atoms with Gasteiger partial charge in [0.05, 0.1) is 5.41 Å². The lowest BCUT2D eigenvalue weighted by molar-refractivity contribution is -0.137. The molecule has 2 saturated heterocycles. The van der Waals surface area contributed by atoms with E-state index in [0.717, 1.165) is 37.6 Å². The molecule has 3 heterocycles. The Balaban J connectivity index is 1.76. The zero-order valence-electron chi connectivity index (χ0n) is 14.7. The van der Waals surface area contributed by atoms with Gasteiger partial charge in [0.2, 0.25) is 11.8 Å². The highest BCUT2D eigenvalue weighted by atomic mass is 16.2. The lowest BCUT2D eigenvalue weighted by Crippen LogP contribution is -2.52. The van der Waals surface area contributed by atoms with Crippen molar-refractivity contribution in [2.45, 2.75) is 45.1 Å². The van der Waals surface area contributed by atoms with Crippen LogP contribution in [0, 0.1) is 0 Å². The smallest absolute Gasteiger partial charge is 0.236 e. The summed E-state index contributed by atoms with van der Waals surface area (Å²) >= 11 is 0. The summed E-state index contributed by atoms with van der Waals surface area (Å²) < 4.78 is 0. The van der Waals surface area contributed by atoms with E-state index in [9.17, 15) is 9.59 Å². The maximum absolute atomic E-state index is 12.3. The summed E-state index contributed by atoms with van der Waals surface area (Å²) in [6.45, 7) is 10.4. The zero-order chi connectivity index (χ0) is 17.3. The summed E-state index contributed by atoms with van der Waals surface area (Å²) in [6.07, 6.45) is 2.70. The predicted octanol–water partition coefficient (Wildman–Crippen LogP) is 1.31. The molecule has 0 aliphatic carbocycles. The van der Waals surface area contributed by atoms with E-state index in [1.54, 1.807) is 6.20 Å². The van der Waals surface area contributed by atoms with Crippen LogP contribution in [-0.4, -0.2) is 53.9 Å². The second kappa shape index (κ2) is 6.51. The molecule has 24 heavy (non-hydrogen) atoms. The minimum absolute atomic E-state index is 0.190. The van der Waals surface area contributed by atoms with Crippen molar-refractivity contribution < 1.29 is 9.59 Å². The number of imide groups is 1.